The van der Waals surface area contributed by atoms with Gasteiger partial charge < -0.3 is 14.0 Å². The van der Waals surface area contributed by atoms with Crippen molar-refractivity contribution in [1.82, 2.24) is 9.55 Å². The molecule has 164 valence electrons. The summed E-state index contributed by atoms with van der Waals surface area (Å²) in [5.41, 5.74) is 5.79. The van der Waals surface area contributed by atoms with Crippen molar-refractivity contribution >= 4 is 11.0 Å². The van der Waals surface area contributed by atoms with Gasteiger partial charge in [-0.25, -0.2) is 4.98 Å². The van der Waals surface area contributed by atoms with E-state index in [0.29, 0.717) is 6.61 Å². The normalized spacial score (nSPS) is 10.9. The second kappa shape index (κ2) is 10.2. The van der Waals surface area contributed by atoms with Crippen LogP contribution in [0.25, 0.3) is 22.4 Å². The Morgan fingerprint density at radius 3 is 2.59 bits per heavy atom. The number of aryl methyl sites for hydroxylation is 2. The first kappa shape index (κ1) is 21.7. The van der Waals surface area contributed by atoms with Crippen molar-refractivity contribution < 1.29 is 9.47 Å². The summed E-state index contributed by atoms with van der Waals surface area (Å²) < 4.78 is 13.9. The van der Waals surface area contributed by atoms with Gasteiger partial charge in [-0.3, -0.25) is 0 Å². The number of nitrogens with zero attached hydrogens (tertiary/aromatic N) is 2. The average Bonchev–Trinajstić information content (AvgIpc) is 3.18. The average molecular weight is 427 g/mol. The van der Waals surface area contributed by atoms with E-state index < -0.39 is 0 Å². The zero-order valence-electron chi connectivity index (χ0n) is 18.9. The zero-order chi connectivity index (χ0) is 22.3. The lowest BCUT2D eigenvalue weighted by molar-refractivity contribution is 0.284. The molecule has 0 saturated heterocycles. The Labute approximate surface area is 190 Å². The van der Waals surface area contributed by atoms with Crippen LogP contribution in [0.5, 0.6) is 11.5 Å². The molecule has 4 heteroatoms. The standard InChI is InChI=1S/C28H30N2O2/c1-4-11-22-16-17-26(27(20-22)31-3)32-19-10-9-18-30-25-15-8-7-14-24(25)29-28(30)23-13-6-5-12-21(23)2/h4-8,12-17,20H,1,9-11,18-19H2,2-3H3. The minimum Gasteiger partial charge on any atom is -0.493 e. The Morgan fingerprint density at radius 2 is 1.78 bits per heavy atom. The van der Waals surface area contributed by atoms with Crippen LogP contribution in [0.1, 0.15) is 24.0 Å². The predicted octanol–water partition coefficient (Wildman–Crippen LogP) is 6.61. The van der Waals surface area contributed by atoms with Crippen molar-refractivity contribution in [2.24, 2.45) is 0 Å². The second-order valence-electron chi connectivity index (χ2n) is 7.92. The van der Waals surface area contributed by atoms with E-state index in [1.165, 1.54) is 22.2 Å². The summed E-state index contributed by atoms with van der Waals surface area (Å²) in [6, 6.07) is 22.9. The van der Waals surface area contributed by atoms with Crippen molar-refractivity contribution in [2.45, 2.75) is 32.7 Å². The van der Waals surface area contributed by atoms with Crippen molar-refractivity contribution in [3.63, 3.8) is 0 Å². The molecule has 0 radical (unpaired) electrons. The van der Waals surface area contributed by atoms with E-state index in [0.717, 1.165) is 48.6 Å². The lowest BCUT2D eigenvalue weighted by Crippen LogP contribution is -2.05. The summed E-state index contributed by atoms with van der Waals surface area (Å²) >= 11 is 0. The third kappa shape index (κ3) is 4.70. The fourth-order valence-corrected chi connectivity index (χ4v) is 4.01. The van der Waals surface area contributed by atoms with Crippen LogP contribution in [0.4, 0.5) is 0 Å². The van der Waals surface area contributed by atoms with Crippen molar-refractivity contribution in [3.05, 3.63) is 90.5 Å². The van der Waals surface area contributed by atoms with Gasteiger partial charge in [-0.15, -0.1) is 6.58 Å². The number of aromatic nitrogens is 2. The highest BCUT2D eigenvalue weighted by Crippen LogP contribution is 2.29. The molecular weight excluding hydrogens is 396 g/mol. The van der Waals surface area contributed by atoms with Crippen LogP contribution >= 0.6 is 0 Å². The number of benzene rings is 3. The second-order valence-corrected chi connectivity index (χ2v) is 7.92. The molecular formula is C28H30N2O2. The van der Waals surface area contributed by atoms with Gasteiger partial charge in [0.15, 0.2) is 11.5 Å². The van der Waals surface area contributed by atoms with Gasteiger partial charge >= 0.3 is 0 Å². The summed E-state index contributed by atoms with van der Waals surface area (Å²) in [6.45, 7) is 7.47. The van der Waals surface area contributed by atoms with E-state index >= 15 is 0 Å². The van der Waals surface area contributed by atoms with E-state index in [4.69, 9.17) is 14.5 Å². The Kier molecular flexibility index (Phi) is 6.90. The van der Waals surface area contributed by atoms with E-state index in [9.17, 15) is 0 Å². The molecule has 0 bridgehead atoms. The molecule has 1 heterocycles. The topological polar surface area (TPSA) is 36.3 Å². The molecule has 4 nitrogen and oxygen atoms in total. The monoisotopic (exact) mass is 426 g/mol. The predicted molar refractivity (Wildman–Crippen MR) is 132 cm³/mol. The highest BCUT2D eigenvalue weighted by Gasteiger charge is 2.13. The van der Waals surface area contributed by atoms with Gasteiger partial charge in [-0.05, 0) is 61.6 Å². The number of rotatable bonds is 10. The maximum atomic E-state index is 6.03. The van der Waals surface area contributed by atoms with Gasteiger partial charge in [0.05, 0.1) is 24.8 Å². The van der Waals surface area contributed by atoms with E-state index in [1.807, 2.05) is 24.3 Å². The number of unbranched alkanes of at least 4 members (excludes halogenated alkanes) is 1. The molecule has 0 unspecified atom stereocenters. The number of hydrogen-bond donors (Lipinski definition) is 0. The lowest BCUT2D eigenvalue weighted by atomic mass is 10.1. The summed E-state index contributed by atoms with van der Waals surface area (Å²) in [6.07, 6.45) is 4.65. The SMILES string of the molecule is C=CCc1ccc(OCCCCn2c(-c3ccccc3C)nc3ccccc32)c(OC)c1. The molecule has 0 saturated carbocycles. The van der Waals surface area contributed by atoms with Crippen LogP contribution in [-0.4, -0.2) is 23.3 Å². The van der Waals surface area contributed by atoms with E-state index in [2.05, 4.69) is 66.6 Å². The van der Waals surface area contributed by atoms with Gasteiger partial charge in [-0.1, -0.05) is 48.5 Å². The molecule has 4 rings (SSSR count). The number of methoxy groups -OCH3 is 1. The van der Waals surface area contributed by atoms with E-state index in [1.54, 1.807) is 7.11 Å². The Morgan fingerprint density at radius 1 is 0.969 bits per heavy atom. The fraction of sp³-hybridized carbons (Fsp3) is 0.250. The molecule has 0 spiro atoms. The van der Waals surface area contributed by atoms with Gasteiger partial charge in [-0.2, -0.15) is 0 Å². The molecule has 0 N–H and O–H groups in total. The molecule has 4 aromatic rings. The number of ether oxygens (including phenoxy) is 2. The molecule has 0 fully saturated rings. The molecule has 1 aromatic heterocycles. The summed E-state index contributed by atoms with van der Waals surface area (Å²) in [4.78, 5) is 4.94. The molecule has 0 amide bonds. The van der Waals surface area contributed by atoms with Crippen molar-refractivity contribution in [1.29, 1.82) is 0 Å². The quantitative estimate of drug-likeness (QED) is 0.211. The van der Waals surface area contributed by atoms with Crippen LogP contribution in [0.15, 0.2) is 79.4 Å². The maximum Gasteiger partial charge on any atom is 0.161 e. The number of imidazole rings is 1. The largest absolute Gasteiger partial charge is 0.493 e. The van der Waals surface area contributed by atoms with Crippen molar-refractivity contribution in [2.75, 3.05) is 13.7 Å². The zero-order valence-corrected chi connectivity index (χ0v) is 18.9. The van der Waals surface area contributed by atoms with Gasteiger partial charge in [0.1, 0.15) is 5.82 Å². The third-order valence-corrected chi connectivity index (χ3v) is 5.68. The van der Waals surface area contributed by atoms with Gasteiger partial charge in [0.25, 0.3) is 0 Å². The first-order valence-corrected chi connectivity index (χ1v) is 11.1. The summed E-state index contributed by atoms with van der Waals surface area (Å²) in [5, 5.41) is 0. The highest BCUT2D eigenvalue weighted by atomic mass is 16.5. The van der Waals surface area contributed by atoms with Crippen LogP contribution < -0.4 is 9.47 Å². The number of hydrogen-bond acceptors (Lipinski definition) is 3. The van der Waals surface area contributed by atoms with Crippen LogP contribution in [0.2, 0.25) is 0 Å². The molecule has 3 aromatic carbocycles. The number of para-hydroxylation sites is 2. The number of fused-ring (bicyclic) bond motifs is 1. The minimum atomic E-state index is 0.642. The van der Waals surface area contributed by atoms with Gasteiger partial charge in [0.2, 0.25) is 0 Å². The smallest absolute Gasteiger partial charge is 0.161 e. The third-order valence-electron chi connectivity index (χ3n) is 5.68. The first-order valence-electron chi connectivity index (χ1n) is 11.1. The Balaban J connectivity index is 1.44. The lowest BCUT2D eigenvalue weighted by Gasteiger charge is -2.13. The van der Waals surface area contributed by atoms with Gasteiger partial charge in [0, 0.05) is 12.1 Å². The highest BCUT2D eigenvalue weighted by molar-refractivity contribution is 5.81. The number of allylic oxidation sites excluding steroid dienone is 1. The van der Waals surface area contributed by atoms with Crippen LogP contribution in [-0.2, 0) is 13.0 Å². The van der Waals surface area contributed by atoms with Crippen LogP contribution in [0.3, 0.4) is 0 Å². The summed E-state index contributed by atoms with van der Waals surface area (Å²) in [7, 11) is 1.68. The molecule has 0 aliphatic carbocycles. The Bertz CT molecular complexity index is 1210. The molecule has 0 aliphatic heterocycles. The minimum absolute atomic E-state index is 0.642. The Hall–Kier alpha value is -3.53. The molecule has 0 aliphatic rings. The maximum absolute atomic E-state index is 6.03. The van der Waals surface area contributed by atoms with Crippen LogP contribution in [0, 0.1) is 6.92 Å². The van der Waals surface area contributed by atoms with E-state index in [-0.39, 0.29) is 0 Å². The summed E-state index contributed by atoms with van der Waals surface area (Å²) in [5.74, 6) is 2.59. The fourth-order valence-electron chi connectivity index (χ4n) is 4.01. The molecule has 32 heavy (non-hydrogen) atoms. The van der Waals surface area contributed by atoms with Crippen molar-refractivity contribution in [3.8, 4) is 22.9 Å². The molecule has 0 atom stereocenters. The first-order chi connectivity index (χ1) is 15.7.